The largest absolute Gasteiger partial charge is 0.426 e. The lowest BCUT2D eigenvalue weighted by Crippen LogP contribution is -2.04. The van der Waals surface area contributed by atoms with Crippen LogP contribution in [0.15, 0.2) is 27.6 Å². The first-order chi connectivity index (χ1) is 4.72. The molecule has 0 aromatic carbocycles. The second-order valence-corrected chi connectivity index (χ2v) is 1.54. The molecule has 1 aromatic rings. The fourth-order valence-electron chi connectivity index (χ4n) is 0.495. The van der Waals surface area contributed by atoms with Gasteiger partial charge in [-0.25, -0.2) is 4.79 Å². The maximum absolute atomic E-state index is 10.5. The van der Waals surface area contributed by atoms with Crippen LogP contribution in [0.25, 0.3) is 0 Å². The average molecular weight is 141 g/mol. The third kappa shape index (κ3) is 1.02. The van der Waals surface area contributed by atoms with Gasteiger partial charge in [0.25, 0.3) is 0 Å². The van der Waals surface area contributed by atoms with Gasteiger partial charge in [-0.05, 0) is 6.07 Å². The maximum Gasteiger partial charge on any atom is 0.414 e. The molecule has 5 heteroatoms. The number of rotatable bonds is 1. The SMILES string of the molecule is O=c1occcc1[N+](=O)[O-]. The Balaban J connectivity index is 3.29. The van der Waals surface area contributed by atoms with Crippen LogP contribution in [-0.4, -0.2) is 4.92 Å². The zero-order chi connectivity index (χ0) is 7.56. The Hall–Kier alpha value is -1.65. The van der Waals surface area contributed by atoms with Crippen molar-refractivity contribution in [1.82, 2.24) is 0 Å². The van der Waals surface area contributed by atoms with Crippen LogP contribution >= 0.6 is 0 Å². The van der Waals surface area contributed by atoms with Gasteiger partial charge in [0.15, 0.2) is 0 Å². The molecule has 0 atom stereocenters. The van der Waals surface area contributed by atoms with Crippen molar-refractivity contribution in [1.29, 1.82) is 0 Å². The van der Waals surface area contributed by atoms with Crippen LogP contribution in [-0.2, 0) is 0 Å². The van der Waals surface area contributed by atoms with Crippen LogP contribution < -0.4 is 5.63 Å². The molecule has 0 bridgehead atoms. The zero-order valence-corrected chi connectivity index (χ0v) is 4.81. The molecule has 1 rings (SSSR count). The molecule has 0 N–H and O–H groups in total. The molecule has 1 heterocycles. The van der Waals surface area contributed by atoms with E-state index in [0.717, 1.165) is 12.3 Å². The zero-order valence-electron chi connectivity index (χ0n) is 4.81. The minimum absolute atomic E-state index is 0.539. The number of hydrogen-bond acceptors (Lipinski definition) is 4. The predicted octanol–water partition coefficient (Wildman–Crippen LogP) is 0.548. The van der Waals surface area contributed by atoms with Crippen molar-refractivity contribution in [2.24, 2.45) is 0 Å². The standard InChI is InChI=1S/C5H3NO4/c7-5-4(6(8)9)2-1-3-10-5/h1-3H. The Bertz CT molecular complexity index is 303. The molecule has 0 saturated heterocycles. The van der Waals surface area contributed by atoms with Gasteiger partial charge in [0.05, 0.1) is 11.2 Å². The van der Waals surface area contributed by atoms with Gasteiger partial charge >= 0.3 is 11.3 Å². The molecule has 0 radical (unpaired) electrons. The fourth-order valence-corrected chi connectivity index (χ4v) is 0.495. The summed E-state index contributed by atoms with van der Waals surface area (Å²) in [7, 11) is 0. The van der Waals surface area contributed by atoms with E-state index >= 15 is 0 Å². The third-order valence-electron chi connectivity index (χ3n) is 0.914. The normalized spacial score (nSPS) is 9.20. The molecule has 10 heavy (non-hydrogen) atoms. The lowest BCUT2D eigenvalue weighted by atomic mass is 10.5. The molecule has 0 unspecified atom stereocenters. The van der Waals surface area contributed by atoms with E-state index < -0.39 is 16.2 Å². The van der Waals surface area contributed by atoms with E-state index in [4.69, 9.17) is 0 Å². The van der Waals surface area contributed by atoms with Gasteiger partial charge < -0.3 is 4.42 Å². The second-order valence-electron chi connectivity index (χ2n) is 1.54. The second kappa shape index (κ2) is 2.30. The Morgan fingerprint density at radius 2 is 2.30 bits per heavy atom. The van der Waals surface area contributed by atoms with Gasteiger partial charge in [-0.2, -0.15) is 0 Å². The molecule has 0 amide bonds. The summed E-state index contributed by atoms with van der Waals surface area (Å²) in [5, 5.41) is 9.97. The lowest BCUT2D eigenvalue weighted by Gasteiger charge is -1.84. The number of nitrogens with zero attached hydrogens (tertiary/aromatic N) is 1. The van der Waals surface area contributed by atoms with Crippen molar-refractivity contribution in [3.05, 3.63) is 38.9 Å². The van der Waals surface area contributed by atoms with E-state index in [2.05, 4.69) is 4.42 Å². The van der Waals surface area contributed by atoms with E-state index in [-0.39, 0.29) is 0 Å². The lowest BCUT2D eigenvalue weighted by molar-refractivity contribution is -0.387. The van der Waals surface area contributed by atoms with Crippen LogP contribution in [0, 0.1) is 10.1 Å². The van der Waals surface area contributed by atoms with Crippen LogP contribution in [0.3, 0.4) is 0 Å². The van der Waals surface area contributed by atoms with E-state index in [1.807, 2.05) is 0 Å². The summed E-state index contributed by atoms with van der Waals surface area (Å²) >= 11 is 0. The van der Waals surface area contributed by atoms with Crippen molar-refractivity contribution in [2.45, 2.75) is 0 Å². The Labute approximate surface area is 55.1 Å². The highest BCUT2D eigenvalue weighted by Gasteiger charge is 2.10. The van der Waals surface area contributed by atoms with E-state index in [1.54, 1.807) is 0 Å². The molecule has 0 aliphatic rings. The summed E-state index contributed by atoms with van der Waals surface area (Å²) in [5.41, 5.74) is -1.46. The summed E-state index contributed by atoms with van der Waals surface area (Å²) in [5.74, 6) is 0. The maximum atomic E-state index is 10.5. The van der Waals surface area contributed by atoms with Crippen LogP contribution in [0.5, 0.6) is 0 Å². The molecule has 0 fully saturated rings. The quantitative estimate of drug-likeness (QED) is 0.422. The first kappa shape index (κ1) is 6.47. The molecular weight excluding hydrogens is 138 g/mol. The van der Waals surface area contributed by atoms with Crippen molar-refractivity contribution >= 4 is 5.69 Å². The summed E-state index contributed by atoms with van der Waals surface area (Å²) < 4.78 is 4.22. The van der Waals surface area contributed by atoms with Crippen molar-refractivity contribution in [2.75, 3.05) is 0 Å². The number of hydrogen-bond donors (Lipinski definition) is 0. The van der Waals surface area contributed by atoms with Crippen molar-refractivity contribution in [3.8, 4) is 0 Å². The highest BCUT2D eigenvalue weighted by atomic mass is 16.6. The average Bonchev–Trinajstić information content (AvgIpc) is 1.88. The van der Waals surface area contributed by atoms with Gasteiger partial charge in [0, 0.05) is 6.07 Å². The first-order valence-corrected chi connectivity index (χ1v) is 2.44. The summed E-state index contributed by atoms with van der Waals surface area (Å²) in [6, 6.07) is 2.38. The minimum Gasteiger partial charge on any atom is -0.426 e. The van der Waals surface area contributed by atoms with Crippen molar-refractivity contribution in [3.63, 3.8) is 0 Å². The Kier molecular flexibility index (Phi) is 1.49. The monoisotopic (exact) mass is 141 g/mol. The molecule has 5 nitrogen and oxygen atoms in total. The molecule has 1 aromatic heterocycles. The van der Waals surface area contributed by atoms with Crippen LogP contribution in [0.2, 0.25) is 0 Å². The van der Waals surface area contributed by atoms with Gasteiger partial charge in [0.1, 0.15) is 0 Å². The van der Waals surface area contributed by atoms with Crippen molar-refractivity contribution < 1.29 is 9.34 Å². The minimum atomic E-state index is -0.924. The predicted molar refractivity (Wildman–Crippen MR) is 31.6 cm³/mol. The third-order valence-corrected chi connectivity index (χ3v) is 0.914. The van der Waals surface area contributed by atoms with Gasteiger partial charge in [-0.1, -0.05) is 0 Å². The molecular formula is C5H3NO4. The fraction of sp³-hybridized carbons (Fsp3) is 0. The van der Waals surface area contributed by atoms with Crippen LogP contribution in [0.4, 0.5) is 5.69 Å². The van der Waals surface area contributed by atoms with E-state index in [1.165, 1.54) is 6.07 Å². The van der Waals surface area contributed by atoms with Gasteiger partial charge in [-0.15, -0.1) is 0 Å². The topological polar surface area (TPSA) is 73.3 Å². The Morgan fingerprint density at radius 1 is 1.60 bits per heavy atom. The molecule has 0 aliphatic carbocycles. The molecule has 52 valence electrons. The molecule has 0 saturated carbocycles. The smallest absolute Gasteiger partial charge is 0.414 e. The first-order valence-electron chi connectivity index (χ1n) is 2.44. The summed E-state index contributed by atoms with van der Waals surface area (Å²) in [6.45, 7) is 0. The highest BCUT2D eigenvalue weighted by Crippen LogP contribution is 1.99. The highest BCUT2D eigenvalue weighted by molar-refractivity contribution is 5.21. The van der Waals surface area contributed by atoms with Gasteiger partial charge in [-0.3, -0.25) is 10.1 Å². The van der Waals surface area contributed by atoms with Gasteiger partial charge in [0.2, 0.25) is 0 Å². The Morgan fingerprint density at radius 3 is 2.70 bits per heavy atom. The molecule has 0 aliphatic heterocycles. The molecule has 0 spiro atoms. The van der Waals surface area contributed by atoms with Crippen LogP contribution in [0.1, 0.15) is 0 Å². The summed E-state index contributed by atoms with van der Waals surface area (Å²) in [6.07, 6.45) is 1.09. The van der Waals surface area contributed by atoms with E-state index in [9.17, 15) is 14.9 Å². The number of nitro groups is 1. The van der Waals surface area contributed by atoms with E-state index in [0.29, 0.717) is 0 Å². The summed E-state index contributed by atoms with van der Waals surface area (Å²) in [4.78, 5) is 19.6.